The molecule has 3 aromatic heterocycles. The number of alkyl halides is 3. The zero-order valence-corrected chi connectivity index (χ0v) is 14.9. The molecule has 144 valence electrons. The highest BCUT2D eigenvalue weighted by atomic mass is 19.4. The Bertz CT molecular complexity index is 1050. The van der Waals surface area contributed by atoms with E-state index < -0.39 is 17.8 Å². The number of aryl methyl sites for hydroxylation is 1. The fraction of sp³-hybridized carbons (Fsp3) is 0.263. The van der Waals surface area contributed by atoms with E-state index in [-0.39, 0.29) is 5.92 Å². The van der Waals surface area contributed by atoms with Crippen LogP contribution in [0.5, 0.6) is 0 Å². The van der Waals surface area contributed by atoms with Gasteiger partial charge in [0.15, 0.2) is 11.5 Å². The van der Waals surface area contributed by atoms with E-state index in [0.29, 0.717) is 34.0 Å². The van der Waals surface area contributed by atoms with Crippen LogP contribution < -0.4 is 5.73 Å². The normalized spacial score (nSPS) is 14.3. The SMILES string of the molecule is Cc1nc(-c2ccc(-n3nc(C(F)(F)F)cc3C3CC3)nc2)ccc1C(N)=O. The summed E-state index contributed by atoms with van der Waals surface area (Å²) in [7, 11) is 0. The predicted molar refractivity (Wildman–Crippen MR) is 94.8 cm³/mol. The monoisotopic (exact) mass is 387 g/mol. The third-order valence-corrected chi connectivity index (χ3v) is 4.63. The van der Waals surface area contributed by atoms with Crippen molar-refractivity contribution in [3.8, 4) is 17.1 Å². The van der Waals surface area contributed by atoms with Gasteiger partial charge in [0.25, 0.3) is 5.91 Å². The largest absolute Gasteiger partial charge is 0.435 e. The van der Waals surface area contributed by atoms with Gasteiger partial charge in [0.1, 0.15) is 0 Å². The molecule has 4 rings (SSSR count). The zero-order valence-electron chi connectivity index (χ0n) is 14.9. The number of nitrogens with zero attached hydrogens (tertiary/aromatic N) is 4. The molecule has 0 atom stereocenters. The maximum absolute atomic E-state index is 13.1. The van der Waals surface area contributed by atoms with Crippen LogP contribution in [0.2, 0.25) is 0 Å². The fourth-order valence-corrected chi connectivity index (χ4v) is 3.03. The van der Waals surface area contributed by atoms with Crippen molar-refractivity contribution in [1.82, 2.24) is 19.7 Å². The van der Waals surface area contributed by atoms with Crippen molar-refractivity contribution in [3.05, 3.63) is 59.2 Å². The smallest absolute Gasteiger partial charge is 0.366 e. The van der Waals surface area contributed by atoms with E-state index in [1.165, 1.54) is 10.9 Å². The molecule has 1 amide bonds. The van der Waals surface area contributed by atoms with Crippen molar-refractivity contribution in [2.24, 2.45) is 5.73 Å². The number of carbonyl (C=O) groups is 1. The molecule has 3 aromatic rings. The average molecular weight is 387 g/mol. The Morgan fingerprint density at radius 1 is 1.21 bits per heavy atom. The molecule has 0 saturated heterocycles. The van der Waals surface area contributed by atoms with Crippen LogP contribution in [0.25, 0.3) is 17.1 Å². The number of nitrogens with two attached hydrogens (primary N) is 1. The van der Waals surface area contributed by atoms with E-state index in [1.54, 1.807) is 31.2 Å². The minimum Gasteiger partial charge on any atom is -0.366 e. The minimum atomic E-state index is -4.50. The molecule has 0 aliphatic heterocycles. The van der Waals surface area contributed by atoms with Gasteiger partial charge >= 0.3 is 6.18 Å². The molecule has 0 radical (unpaired) electrons. The number of carbonyl (C=O) groups excluding carboxylic acids is 1. The van der Waals surface area contributed by atoms with Crippen LogP contribution in [0.3, 0.4) is 0 Å². The Balaban J connectivity index is 1.68. The molecule has 0 unspecified atom stereocenters. The second kappa shape index (κ2) is 6.43. The van der Waals surface area contributed by atoms with Gasteiger partial charge in [-0.1, -0.05) is 0 Å². The maximum Gasteiger partial charge on any atom is 0.435 e. The molecule has 0 bridgehead atoms. The molecule has 1 fully saturated rings. The summed E-state index contributed by atoms with van der Waals surface area (Å²) in [5, 5.41) is 3.72. The third-order valence-electron chi connectivity index (χ3n) is 4.63. The quantitative estimate of drug-likeness (QED) is 0.741. The highest BCUT2D eigenvalue weighted by molar-refractivity contribution is 5.94. The summed E-state index contributed by atoms with van der Waals surface area (Å²) in [6, 6.07) is 7.64. The summed E-state index contributed by atoms with van der Waals surface area (Å²) in [5.41, 5.74) is 6.96. The van der Waals surface area contributed by atoms with Crippen LogP contribution in [0.1, 0.15) is 46.2 Å². The van der Waals surface area contributed by atoms with Gasteiger partial charge in [-0.05, 0) is 50.1 Å². The Labute approximate surface area is 158 Å². The van der Waals surface area contributed by atoms with E-state index in [2.05, 4.69) is 15.1 Å². The molecule has 1 saturated carbocycles. The molecule has 0 spiro atoms. The van der Waals surface area contributed by atoms with Gasteiger partial charge in [0.05, 0.1) is 17.0 Å². The van der Waals surface area contributed by atoms with Gasteiger partial charge in [0.2, 0.25) is 0 Å². The van der Waals surface area contributed by atoms with Crippen molar-refractivity contribution in [2.75, 3.05) is 0 Å². The molecule has 1 aliphatic carbocycles. The number of amides is 1. The van der Waals surface area contributed by atoms with Gasteiger partial charge < -0.3 is 5.73 Å². The van der Waals surface area contributed by atoms with Crippen LogP contribution in [0.4, 0.5) is 13.2 Å². The van der Waals surface area contributed by atoms with Crippen molar-refractivity contribution in [2.45, 2.75) is 31.9 Å². The number of pyridine rings is 2. The van der Waals surface area contributed by atoms with Gasteiger partial charge in [-0.25, -0.2) is 9.67 Å². The Kier molecular flexibility index (Phi) is 4.17. The predicted octanol–water partition coefficient (Wildman–Crippen LogP) is 3.63. The van der Waals surface area contributed by atoms with Crippen molar-refractivity contribution >= 4 is 5.91 Å². The topological polar surface area (TPSA) is 86.7 Å². The van der Waals surface area contributed by atoms with Crippen molar-refractivity contribution < 1.29 is 18.0 Å². The number of halogens is 3. The van der Waals surface area contributed by atoms with Crippen LogP contribution in [0.15, 0.2) is 36.5 Å². The van der Waals surface area contributed by atoms with Gasteiger partial charge in [0, 0.05) is 23.4 Å². The highest BCUT2D eigenvalue weighted by Crippen LogP contribution is 2.42. The molecular weight excluding hydrogens is 371 g/mol. The molecule has 2 N–H and O–H groups in total. The zero-order chi connectivity index (χ0) is 20.1. The molecule has 0 aromatic carbocycles. The Hall–Kier alpha value is -3.23. The molecule has 28 heavy (non-hydrogen) atoms. The van der Waals surface area contributed by atoms with E-state index in [9.17, 15) is 18.0 Å². The van der Waals surface area contributed by atoms with Gasteiger partial charge in [-0.2, -0.15) is 18.3 Å². The fourth-order valence-electron chi connectivity index (χ4n) is 3.03. The second-order valence-corrected chi connectivity index (χ2v) is 6.74. The summed E-state index contributed by atoms with van der Waals surface area (Å²) in [5.74, 6) is -0.167. The first-order valence-corrected chi connectivity index (χ1v) is 8.65. The highest BCUT2D eigenvalue weighted by Gasteiger charge is 2.38. The second-order valence-electron chi connectivity index (χ2n) is 6.74. The van der Waals surface area contributed by atoms with Gasteiger partial charge in [-0.15, -0.1) is 0 Å². The van der Waals surface area contributed by atoms with E-state index in [0.717, 1.165) is 18.9 Å². The number of primary amides is 1. The number of rotatable bonds is 4. The first-order chi connectivity index (χ1) is 13.2. The van der Waals surface area contributed by atoms with Gasteiger partial charge in [-0.3, -0.25) is 9.78 Å². The Morgan fingerprint density at radius 2 is 1.96 bits per heavy atom. The van der Waals surface area contributed by atoms with Crippen LogP contribution in [-0.4, -0.2) is 25.7 Å². The summed E-state index contributed by atoms with van der Waals surface area (Å²) in [6.45, 7) is 1.68. The minimum absolute atomic E-state index is 0.0794. The summed E-state index contributed by atoms with van der Waals surface area (Å²) >= 11 is 0. The lowest BCUT2D eigenvalue weighted by Gasteiger charge is -2.08. The van der Waals surface area contributed by atoms with E-state index in [4.69, 9.17) is 5.73 Å². The standard InChI is InChI=1S/C19H16F3N5O/c1-10-13(18(23)28)5-6-14(25-10)12-4-7-17(24-9-12)27-15(11-2-3-11)8-16(26-27)19(20,21)22/h4-9,11H,2-3H2,1H3,(H2,23,28). The summed E-state index contributed by atoms with van der Waals surface area (Å²) in [6.07, 6.45) is -1.29. The van der Waals surface area contributed by atoms with Crippen LogP contribution in [0, 0.1) is 6.92 Å². The van der Waals surface area contributed by atoms with Crippen molar-refractivity contribution in [3.63, 3.8) is 0 Å². The molecule has 6 nitrogen and oxygen atoms in total. The molecular formula is C19H16F3N5O. The third kappa shape index (κ3) is 3.35. The summed E-state index contributed by atoms with van der Waals surface area (Å²) < 4.78 is 40.4. The molecule has 9 heteroatoms. The van der Waals surface area contributed by atoms with Crippen molar-refractivity contribution in [1.29, 1.82) is 0 Å². The van der Waals surface area contributed by atoms with Crippen LogP contribution in [-0.2, 0) is 6.18 Å². The number of hydrogen-bond acceptors (Lipinski definition) is 4. The van der Waals surface area contributed by atoms with E-state index in [1.807, 2.05) is 0 Å². The summed E-state index contributed by atoms with van der Waals surface area (Å²) in [4.78, 5) is 19.9. The Morgan fingerprint density at radius 3 is 2.50 bits per heavy atom. The lowest BCUT2D eigenvalue weighted by atomic mass is 10.1. The lowest BCUT2D eigenvalue weighted by molar-refractivity contribution is -0.141. The molecule has 1 aliphatic rings. The molecule has 3 heterocycles. The maximum atomic E-state index is 13.1. The van der Waals surface area contributed by atoms with Crippen LogP contribution >= 0.6 is 0 Å². The average Bonchev–Trinajstić information content (AvgIpc) is 3.38. The number of aromatic nitrogens is 4. The first-order valence-electron chi connectivity index (χ1n) is 8.65. The lowest BCUT2D eigenvalue weighted by Crippen LogP contribution is -2.13. The first kappa shape index (κ1) is 18.1. The number of hydrogen-bond donors (Lipinski definition) is 1. The van der Waals surface area contributed by atoms with E-state index >= 15 is 0 Å².